The number of pyridine rings is 1. The Morgan fingerprint density at radius 3 is 2.12 bits per heavy atom. The van der Waals surface area contributed by atoms with Gasteiger partial charge in [-0.15, -0.1) is 0 Å². The Balaban J connectivity index is 2.79. The summed E-state index contributed by atoms with van der Waals surface area (Å²) in [5, 5.41) is 0. The zero-order valence-electron chi connectivity index (χ0n) is 11.8. The second-order valence-corrected chi connectivity index (χ2v) is 4.85. The predicted molar refractivity (Wildman–Crippen MR) is 75.7 cm³/mol. The highest BCUT2D eigenvalue weighted by Crippen LogP contribution is 2.18. The van der Waals surface area contributed by atoms with Gasteiger partial charge in [0.05, 0.1) is 0 Å². The van der Waals surface area contributed by atoms with Gasteiger partial charge in [-0.05, 0) is 37.8 Å². The van der Waals surface area contributed by atoms with Crippen molar-refractivity contribution in [2.24, 2.45) is 0 Å². The summed E-state index contributed by atoms with van der Waals surface area (Å²) in [6, 6.07) is 2.23. The minimum absolute atomic E-state index is 1.13. The van der Waals surface area contributed by atoms with E-state index in [0.717, 1.165) is 13.1 Å². The molecule has 0 bridgehead atoms. The van der Waals surface area contributed by atoms with E-state index in [9.17, 15) is 0 Å². The van der Waals surface area contributed by atoms with Gasteiger partial charge in [0.15, 0.2) is 0 Å². The van der Waals surface area contributed by atoms with Crippen molar-refractivity contribution >= 4 is 5.82 Å². The van der Waals surface area contributed by atoms with Crippen molar-refractivity contribution in [3.05, 3.63) is 23.4 Å². The maximum atomic E-state index is 4.61. The largest absolute Gasteiger partial charge is 0.356 e. The van der Waals surface area contributed by atoms with Crippen LogP contribution in [-0.4, -0.2) is 18.1 Å². The minimum Gasteiger partial charge on any atom is -0.356 e. The highest BCUT2D eigenvalue weighted by atomic mass is 15.2. The summed E-state index contributed by atoms with van der Waals surface area (Å²) in [5.41, 5.74) is 2.55. The van der Waals surface area contributed by atoms with Crippen molar-refractivity contribution in [2.75, 3.05) is 18.0 Å². The van der Waals surface area contributed by atoms with Crippen molar-refractivity contribution in [1.82, 2.24) is 4.98 Å². The van der Waals surface area contributed by atoms with Crippen LogP contribution in [0.15, 0.2) is 12.3 Å². The second kappa shape index (κ2) is 7.31. The van der Waals surface area contributed by atoms with Crippen LogP contribution in [0, 0.1) is 13.8 Å². The molecule has 1 heterocycles. The Hall–Kier alpha value is -1.05. The summed E-state index contributed by atoms with van der Waals surface area (Å²) in [7, 11) is 0. The maximum Gasteiger partial charge on any atom is 0.131 e. The first-order chi connectivity index (χ1) is 8.19. The first kappa shape index (κ1) is 14.0. The lowest BCUT2D eigenvalue weighted by atomic mass is 10.2. The molecule has 0 aromatic carbocycles. The van der Waals surface area contributed by atoms with E-state index in [1.807, 2.05) is 6.20 Å². The van der Waals surface area contributed by atoms with Gasteiger partial charge in [-0.1, -0.05) is 32.8 Å². The first-order valence-electron chi connectivity index (χ1n) is 6.87. The summed E-state index contributed by atoms with van der Waals surface area (Å²) in [5.74, 6) is 1.18. The van der Waals surface area contributed by atoms with Crippen molar-refractivity contribution in [1.29, 1.82) is 0 Å². The Bertz CT molecular complexity index is 326. The molecule has 0 saturated carbocycles. The van der Waals surface area contributed by atoms with E-state index < -0.39 is 0 Å². The highest BCUT2D eigenvalue weighted by Gasteiger charge is 2.09. The Labute approximate surface area is 106 Å². The lowest BCUT2D eigenvalue weighted by Gasteiger charge is -2.25. The molecule has 17 heavy (non-hydrogen) atoms. The van der Waals surface area contributed by atoms with Gasteiger partial charge in [-0.2, -0.15) is 0 Å². The number of anilines is 1. The van der Waals surface area contributed by atoms with E-state index in [2.05, 4.69) is 43.6 Å². The molecule has 0 unspecified atom stereocenters. The van der Waals surface area contributed by atoms with Crippen molar-refractivity contribution in [2.45, 2.75) is 53.4 Å². The van der Waals surface area contributed by atoms with Crippen LogP contribution in [0.2, 0.25) is 0 Å². The number of unbranched alkanes of at least 4 members (excludes halogenated alkanes) is 2. The number of aryl methyl sites for hydroxylation is 2. The standard InChI is InChI=1S/C15H26N2/c1-5-7-9-17(10-8-6-2)15-14(4)11-13(3)12-16-15/h11-12H,5-10H2,1-4H3. The van der Waals surface area contributed by atoms with Crippen LogP contribution in [0.1, 0.15) is 50.7 Å². The minimum atomic E-state index is 1.13. The fourth-order valence-electron chi connectivity index (χ4n) is 2.06. The van der Waals surface area contributed by atoms with Gasteiger partial charge < -0.3 is 4.90 Å². The van der Waals surface area contributed by atoms with E-state index >= 15 is 0 Å². The number of hydrogen-bond donors (Lipinski definition) is 0. The number of nitrogens with zero attached hydrogens (tertiary/aromatic N) is 2. The van der Waals surface area contributed by atoms with Crippen molar-refractivity contribution in [3.63, 3.8) is 0 Å². The molecule has 0 spiro atoms. The van der Waals surface area contributed by atoms with Crippen LogP contribution in [0.25, 0.3) is 0 Å². The lowest BCUT2D eigenvalue weighted by molar-refractivity contribution is 0.669. The van der Waals surface area contributed by atoms with Gasteiger partial charge in [-0.25, -0.2) is 4.98 Å². The van der Waals surface area contributed by atoms with E-state index in [1.54, 1.807) is 0 Å². The van der Waals surface area contributed by atoms with Gasteiger partial charge in [0.1, 0.15) is 5.82 Å². The quantitative estimate of drug-likeness (QED) is 0.706. The molecule has 2 heteroatoms. The Kier molecular flexibility index (Phi) is 6.03. The molecule has 0 atom stereocenters. The molecule has 2 nitrogen and oxygen atoms in total. The summed E-state index contributed by atoms with van der Waals surface area (Å²) in [6.07, 6.45) is 6.96. The number of aromatic nitrogens is 1. The normalized spacial score (nSPS) is 10.6. The van der Waals surface area contributed by atoms with Gasteiger partial charge in [0, 0.05) is 19.3 Å². The van der Waals surface area contributed by atoms with Gasteiger partial charge >= 0.3 is 0 Å². The zero-order valence-corrected chi connectivity index (χ0v) is 11.8. The molecular weight excluding hydrogens is 208 g/mol. The summed E-state index contributed by atoms with van der Waals surface area (Å²) in [4.78, 5) is 7.06. The van der Waals surface area contributed by atoms with E-state index in [4.69, 9.17) is 0 Å². The van der Waals surface area contributed by atoms with Crippen LogP contribution < -0.4 is 4.90 Å². The highest BCUT2D eigenvalue weighted by molar-refractivity contribution is 5.47. The molecule has 0 aliphatic rings. The van der Waals surface area contributed by atoms with Crippen LogP contribution >= 0.6 is 0 Å². The van der Waals surface area contributed by atoms with Crippen LogP contribution in [0.3, 0.4) is 0 Å². The molecule has 0 saturated heterocycles. The molecule has 0 aliphatic heterocycles. The van der Waals surface area contributed by atoms with Gasteiger partial charge in [-0.3, -0.25) is 0 Å². The number of hydrogen-bond acceptors (Lipinski definition) is 2. The van der Waals surface area contributed by atoms with Gasteiger partial charge in [0.25, 0.3) is 0 Å². The van der Waals surface area contributed by atoms with Crippen LogP contribution in [-0.2, 0) is 0 Å². The van der Waals surface area contributed by atoms with Gasteiger partial charge in [0.2, 0.25) is 0 Å². The predicted octanol–water partition coefficient (Wildman–Crippen LogP) is 4.11. The summed E-state index contributed by atoms with van der Waals surface area (Å²) < 4.78 is 0. The molecule has 0 radical (unpaired) electrons. The molecule has 1 aromatic rings. The Morgan fingerprint density at radius 2 is 1.65 bits per heavy atom. The third-order valence-corrected chi connectivity index (χ3v) is 3.05. The molecule has 0 fully saturated rings. The molecule has 96 valence electrons. The number of rotatable bonds is 7. The maximum absolute atomic E-state index is 4.61. The van der Waals surface area contributed by atoms with E-state index in [0.29, 0.717) is 0 Å². The Morgan fingerprint density at radius 1 is 1.06 bits per heavy atom. The average molecular weight is 234 g/mol. The molecule has 0 N–H and O–H groups in total. The van der Waals surface area contributed by atoms with E-state index in [-0.39, 0.29) is 0 Å². The van der Waals surface area contributed by atoms with Crippen molar-refractivity contribution < 1.29 is 0 Å². The second-order valence-electron chi connectivity index (χ2n) is 4.85. The monoisotopic (exact) mass is 234 g/mol. The summed E-state index contributed by atoms with van der Waals surface area (Å²) >= 11 is 0. The van der Waals surface area contributed by atoms with Crippen LogP contribution in [0.4, 0.5) is 5.82 Å². The fraction of sp³-hybridized carbons (Fsp3) is 0.667. The fourth-order valence-corrected chi connectivity index (χ4v) is 2.06. The van der Waals surface area contributed by atoms with E-state index in [1.165, 1.54) is 42.6 Å². The lowest BCUT2D eigenvalue weighted by Crippen LogP contribution is -2.27. The average Bonchev–Trinajstić information content (AvgIpc) is 2.30. The molecule has 1 rings (SSSR count). The zero-order chi connectivity index (χ0) is 12.7. The molecule has 0 amide bonds. The van der Waals surface area contributed by atoms with Crippen molar-refractivity contribution in [3.8, 4) is 0 Å². The third kappa shape index (κ3) is 4.37. The summed E-state index contributed by atoms with van der Waals surface area (Å²) in [6.45, 7) is 11.0. The molecule has 0 aliphatic carbocycles. The first-order valence-corrected chi connectivity index (χ1v) is 6.87. The third-order valence-electron chi connectivity index (χ3n) is 3.05. The smallest absolute Gasteiger partial charge is 0.131 e. The molecular formula is C15H26N2. The molecule has 1 aromatic heterocycles. The van der Waals surface area contributed by atoms with Crippen LogP contribution in [0.5, 0.6) is 0 Å². The topological polar surface area (TPSA) is 16.1 Å². The SMILES string of the molecule is CCCCN(CCCC)c1ncc(C)cc1C.